The van der Waals surface area contributed by atoms with Crippen LogP contribution in [0.15, 0.2) is 48.0 Å². The van der Waals surface area contributed by atoms with Crippen molar-refractivity contribution < 1.29 is 86.3 Å². The van der Waals surface area contributed by atoms with Crippen molar-refractivity contribution in [2.24, 2.45) is 28.5 Å². The van der Waals surface area contributed by atoms with E-state index in [-0.39, 0.29) is 119 Å². The summed E-state index contributed by atoms with van der Waals surface area (Å²) in [5, 5.41) is 37.1. The number of fused-ring (bicyclic) bond motifs is 1. The molecule has 0 saturated carbocycles. The van der Waals surface area contributed by atoms with E-state index < -0.39 is 186 Å². The van der Waals surface area contributed by atoms with Crippen LogP contribution < -0.4 is 80.2 Å². The lowest BCUT2D eigenvalue weighted by molar-refractivity contribution is -0.137. The van der Waals surface area contributed by atoms with Crippen LogP contribution in [0.1, 0.15) is 164 Å². The molecule has 4 rings (SSSR count). The van der Waals surface area contributed by atoms with Gasteiger partial charge in [-0.05, 0) is 127 Å². The lowest BCUT2D eigenvalue weighted by Crippen LogP contribution is -2.60. The second kappa shape index (κ2) is 48.9. The summed E-state index contributed by atoms with van der Waals surface area (Å²) >= 11 is 1.50. The minimum atomic E-state index is -1.72. The first-order valence-electron chi connectivity index (χ1n) is 38.8. The number of ketones is 4. The van der Waals surface area contributed by atoms with E-state index in [9.17, 15) is 86.3 Å². The minimum Gasteiger partial charge on any atom is -0.370 e. The van der Waals surface area contributed by atoms with Gasteiger partial charge in [0.25, 0.3) is 0 Å². The number of imidazole rings is 1. The van der Waals surface area contributed by atoms with E-state index in [0.717, 1.165) is 6.92 Å². The highest BCUT2D eigenvalue weighted by molar-refractivity contribution is 7.98. The zero-order chi connectivity index (χ0) is 86.6. The number of aliphatic imine (C=N–C) groups is 1. The summed E-state index contributed by atoms with van der Waals surface area (Å²) < 4.78 is 0. The number of aromatic nitrogens is 3. The monoisotopic (exact) mass is 1640 g/mol. The molecule has 12 atom stereocenters. The fraction of sp³-hybridized carbons (Fsp3) is 0.610. The quantitative estimate of drug-likeness (QED) is 0.0165. The van der Waals surface area contributed by atoms with E-state index in [0.29, 0.717) is 34.3 Å². The summed E-state index contributed by atoms with van der Waals surface area (Å²) in [7, 11) is 2.90. The van der Waals surface area contributed by atoms with Gasteiger partial charge in [-0.25, -0.2) is 4.98 Å². The molecule has 640 valence electrons. The van der Waals surface area contributed by atoms with Crippen LogP contribution in [0.4, 0.5) is 0 Å². The number of likely N-dealkylation sites (N-methyl/N-ethyl adjacent to an activating group) is 1. The number of thioether (sulfide) groups is 1. The molecule has 2 aromatic heterocycles. The summed E-state index contributed by atoms with van der Waals surface area (Å²) in [5.41, 5.74) is 7.41. The molecule has 3 aromatic rings. The lowest BCUT2D eigenvalue weighted by Gasteiger charge is -2.27. The van der Waals surface area contributed by atoms with Crippen molar-refractivity contribution in [3.63, 3.8) is 0 Å². The number of hydrogen-bond acceptors (Lipinski definition) is 21. The highest BCUT2D eigenvalue weighted by Crippen LogP contribution is 2.21. The molecule has 1 saturated heterocycles. The Morgan fingerprint density at radius 3 is 1.58 bits per heavy atom. The van der Waals surface area contributed by atoms with Crippen LogP contribution in [0, 0.1) is 17.8 Å². The number of hydrogen-bond donors (Lipinski definition) is 17. The van der Waals surface area contributed by atoms with Crippen LogP contribution in [0.5, 0.6) is 0 Å². The number of Topliss-reactive ketones (excluding diaryl/α,β-unsaturated/α-hetero) is 4. The molecule has 3 heterocycles. The SMILES string of the molecule is CN=C(N)NCCCC(NC(=O)C(CCC(C)=O)NC(=O)C1CCC(=O)N1C)C(=O)NC(CC(C)C)C(=O)NCC(=O)NC(CC(C)=O)C(=O)NC(CCC(C)=O)C(=O)NC(Cc1c[nH]c2ccccc12)C(=O)NC(C)C(=O)NC(C(=O)NCC(=O)NC(Cc1cnc[nH]1)C(=O)NC(CC(C)C)C(=O)NC(CCSC)C(C)=O)C(C)C. The maximum absolute atomic E-state index is 14.7. The number of para-hydroxylation sites is 1. The van der Waals surface area contributed by atoms with Gasteiger partial charge >= 0.3 is 0 Å². The molecular formula is C77H118N20O18S. The van der Waals surface area contributed by atoms with Crippen molar-refractivity contribution >= 4 is 134 Å². The number of nitrogens with two attached hydrogens (primary N) is 1. The fourth-order valence-corrected chi connectivity index (χ4v) is 12.9. The topological polar surface area (TPSA) is 562 Å². The number of aromatic amines is 2. The van der Waals surface area contributed by atoms with E-state index in [4.69, 9.17) is 5.73 Å². The maximum Gasteiger partial charge on any atom is 0.243 e. The van der Waals surface area contributed by atoms with E-state index in [1.54, 1.807) is 58.2 Å². The van der Waals surface area contributed by atoms with Gasteiger partial charge in [-0.1, -0.05) is 59.7 Å². The molecule has 0 aliphatic carbocycles. The molecule has 12 unspecified atom stereocenters. The fourth-order valence-electron chi connectivity index (χ4n) is 12.4. The molecule has 1 aliphatic heterocycles. The van der Waals surface area contributed by atoms with Crippen LogP contribution >= 0.6 is 11.8 Å². The predicted molar refractivity (Wildman–Crippen MR) is 430 cm³/mol. The predicted octanol–water partition coefficient (Wildman–Crippen LogP) is -2.00. The van der Waals surface area contributed by atoms with Gasteiger partial charge in [-0.15, -0.1) is 0 Å². The molecule has 39 heteroatoms. The molecule has 38 nitrogen and oxygen atoms in total. The molecular weight excluding hydrogens is 1530 g/mol. The van der Waals surface area contributed by atoms with E-state index in [1.807, 2.05) is 20.1 Å². The number of nitrogens with one attached hydrogen (secondary N) is 16. The van der Waals surface area contributed by atoms with Gasteiger partial charge in [0.2, 0.25) is 82.7 Å². The standard InChI is InChI=1S/C77H118N20O18S/c1-40(2)30-56(93-68(107)53(20-17-28-81-77(78)79-12)90-69(108)55(24-22-44(8)99)92-75(114)61-25-26-64(104)97(61)13)67(106)83-37-62(102)87-58(32-45(9)100)73(112)91-54(23-21-43(7)98)70(109)95-59(33-48-35-82-52-19-16-15-18-50(48)52)71(110)86-46(10)66(105)96-65(42(5)6)76(115)84-38-63(103)88-60(34-49-36-80-39-85-49)74(113)94-57(31-41(3)4)72(111)89-51(47(11)101)27-29-116-14/h15-16,18-19,35-36,39-42,46,51,53-61,65,82H,17,20-34,37-38H2,1-14H3,(H,80,85)(H,83,106)(H,84,115)(H,86,110)(H,87,102)(H,88,103)(H,89,111)(H,90,108)(H,91,112)(H,92,114)(H,93,107)(H,94,113)(H,95,109)(H,96,105)(H3,78,79,81). The Morgan fingerprint density at radius 1 is 0.552 bits per heavy atom. The van der Waals surface area contributed by atoms with Crippen LogP contribution in [0.25, 0.3) is 10.9 Å². The van der Waals surface area contributed by atoms with E-state index >= 15 is 0 Å². The maximum atomic E-state index is 14.7. The Bertz CT molecular complexity index is 3980. The zero-order valence-electron chi connectivity index (χ0n) is 68.6. The first-order chi connectivity index (χ1) is 54.7. The molecule has 1 aromatic carbocycles. The minimum absolute atomic E-state index is 0.0164. The zero-order valence-corrected chi connectivity index (χ0v) is 69.4. The molecule has 116 heavy (non-hydrogen) atoms. The number of benzene rings is 1. The molecule has 1 fully saturated rings. The summed E-state index contributed by atoms with van der Waals surface area (Å²) in [4.78, 5) is 260. The van der Waals surface area contributed by atoms with Crippen LogP contribution in [-0.4, -0.2) is 250 Å². The number of rotatable bonds is 51. The van der Waals surface area contributed by atoms with Gasteiger partial charge in [0.05, 0.1) is 25.5 Å². The van der Waals surface area contributed by atoms with Crippen molar-refractivity contribution in [1.82, 2.24) is 94.3 Å². The van der Waals surface area contributed by atoms with Gasteiger partial charge in [0.1, 0.15) is 83.8 Å². The van der Waals surface area contributed by atoms with Crippen molar-refractivity contribution in [1.29, 1.82) is 0 Å². The van der Waals surface area contributed by atoms with E-state index in [1.165, 1.54) is 71.0 Å². The lowest BCUT2D eigenvalue weighted by atomic mass is 10.0. The number of carbonyl (C=O) groups is 18. The summed E-state index contributed by atoms with van der Waals surface area (Å²) in [5.74, 6) is -13.4. The molecule has 0 bridgehead atoms. The van der Waals surface area contributed by atoms with Crippen LogP contribution in [-0.2, 0) is 99.1 Å². The first-order valence-corrected chi connectivity index (χ1v) is 40.2. The molecule has 0 spiro atoms. The Balaban J connectivity index is 1.51. The van der Waals surface area contributed by atoms with Crippen molar-refractivity contribution in [2.45, 2.75) is 239 Å². The van der Waals surface area contributed by atoms with Crippen LogP contribution in [0.2, 0.25) is 0 Å². The van der Waals surface area contributed by atoms with Crippen molar-refractivity contribution in [3.8, 4) is 0 Å². The van der Waals surface area contributed by atoms with Gasteiger partial charge in [-0.2, -0.15) is 11.8 Å². The highest BCUT2D eigenvalue weighted by atomic mass is 32.2. The number of guanidine groups is 1. The van der Waals surface area contributed by atoms with Crippen molar-refractivity contribution in [2.75, 3.05) is 45.7 Å². The Morgan fingerprint density at radius 2 is 1.05 bits per heavy atom. The third-order valence-corrected chi connectivity index (χ3v) is 19.6. The molecule has 0 radical (unpaired) electrons. The second-order valence-corrected chi connectivity index (χ2v) is 31.2. The normalized spacial score (nSPS) is 15.6. The average Bonchev–Trinajstić information content (AvgIpc) is 1.56. The number of amides is 14. The van der Waals surface area contributed by atoms with Crippen LogP contribution in [0.3, 0.4) is 0 Å². The summed E-state index contributed by atoms with van der Waals surface area (Å²) in [6, 6.07) is -8.85. The molecule has 18 N–H and O–H groups in total. The largest absolute Gasteiger partial charge is 0.370 e. The third kappa shape index (κ3) is 33.7. The van der Waals surface area contributed by atoms with Crippen molar-refractivity contribution in [3.05, 3.63) is 54.2 Å². The summed E-state index contributed by atoms with van der Waals surface area (Å²) in [6.07, 6.45) is 5.21. The third-order valence-electron chi connectivity index (χ3n) is 18.9. The number of carbonyl (C=O) groups excluding carboxylic acids is 18. The smallest absolute Gasteiger partial charge is 0.243 e. The highest BCUT2D eigenvalue weighted by Gasteiger charge is 2.39. The molecule has 14 amide bonds. The first kappa shape index (κ1) is 97.2. The van der Waals surface area contributed by atoms with Gasteiger partial charge in [-0.3, -0.25) is 81.7 Å². The number of H-pyrrole nitrogens is 2. The van der Waals surface area contributed by atoms with E-state index in [2.05, 4.69) is 94.4 Å². The Kier molecular flexibility index (Phi) is 41.0. The molecule has 1 aliphatic rings. The van der Waals surface area contributed by atoms with Gasteiger partial charge in [0.15, 0.2) is 11.7 Å². The second-order valence-electron chi connectivity index (χ2n) is 30.2. The summed E-state index contributed by atoms with van der Waals surface area (Å²) in [6.45, 7) is 15.3. The average molecular weight is 1640 g/mol. The van der Waals surface area contributed by atoms with Gasteiger partial charge < -0.3 is 105 Å². The Hall–Kier alpha value is -11.1. The number of nitrogens with zero attached hydrogens (tertiary/aromatic N) is 3. The van der Waals surface area contributed by atoms with Gasteiger partial charge in [0, 0.05) is 88.2 Å². The Labute approximate surface area is 679 Å². The number of likely N-dealkylation sites (tertiary alicyclic amines) is 1.